The van der Waals surface area contributed by atoms with Gasteiger partial charge in [0.25, 0.3) is 5.91 Å². The van der Waals surface area contributed by atoms with Crippen molar-refractivity contribution in [1.29, 1.82) is 0 Å². The standard InChI is InChI=1S/C14H12ClNO4/c15-10-5-2-1-4-9(10)14(19)16-11(8-13(17)18)12-6-3-7-20-12/h1-7,11H,8H2,(H,16,19)(H,17,18)/t11-/m1/s1. The molecule has 0 spiro atoms. The number of rotatable bonds is 5. The fourth-order valence-corrected chi connectivity index (χ4v) is 1.99. The molecule has 1 atom stereocenters. The molecule has 2 N–H and O–H groups in total. The molecule has 0 fully saturated rings. The summed E-state index contributed by atoms with van der Waals surface area (Å²) >= 11 is 5.93. The molecule has 1 heterocycles. The molecule has 0 saturated heterocycles. The number of benzene rings is 1. The molecular weight excluding hydrogens is 282 g/mol. The van der Waals surface area contributed by atoms with Crippen LogP contribution in [0.5, 0.6) is 0 Å². The summed E-state index contributed by atoms with van der Waals surface area (Å²) < 4.78 is 5.15. The number of hydrogen-bond donors (Lipinski definition) is 2. The van der Waals surface area contributed by atoms with Gasteiger partial charge in [-0.1, -0.05) is 23.7 Å². The Bertz CT molecular complexity index is 609. The molecular formula is C14H12ClNO4. The molecule has 6 heteroatoms. The van der Waals surface area contributed by atoms with Gasteiger partial charge in [0.05, 0.1) is 29.3 Å². The molecule has 0 aliphatic heterocycles. The van der Waals surface area contributed by atoms with Gasteiger partial charge in [-0.3, -0.25) is 9.59 Å². The summed E-state index contributed by atoms with van der Waals surface area (Å²) in [4.78, 5) is 23.0. The lowest BCUT2D eigenvalue weighted by Crippen LogP contribution is -2.30. The molecule has 0 saturated carbocycles. The lowest BCUT2D eigenvalue weighted by Gasteiger charge is -2.15. The van der Waals surface area contributed by atoms with E-state index in [0.717, 1.165) is 0 Å². The van der Waals surface area contributed by atoms with Crippen LogP contribution in [0.3, 0.4) is 0 Å². The van der Waals surface area contributed by atoms with Gasteiger partial charge in [0.2, 0.25) is 0 Å². The number of carbonyl (C=O) groups is 2. The Morgan fingerprint density at radius 3 is 2.60 bits per heavy atom. The van der Waals surface area contributed by atoms with E-state index < -0.39 is 17.9 Å². The van der Waals surface area contributed by atoms with Gasteiger partial charge < -0.3 is 14.8 Å². The first-order chi connectivity index (χ1) is 9.58. The van der Waals surface area contributed by atoms with Crippen LogP contribution in [0, 0.1) is 0 Å². The van der Waals surface area contributed by atoms with Crippen LogP contribution in [0.4, 0.5) is 0 Å². The van der Waals surface area contributed by atoms with Crippen LogP contribution in [0.2, 0.25) is 5.02 Å². The van der Waals surface area contributed by atoms with Crippen molar-refractivity contribution in [2.75, 3.05) is 0 Å². The number of halogens is 1. The van der Waals surface area contributed by atoms with Crippen molar-refractivity contribution in [3.8, 4) is 0 Å². The van der Waals surface area contributed by atoms with Crippen LogP contribution in [0.15, 0.2) is 47.1 Å². The zero-order chi connectivity index (χ0) is 14.5. The first-order valence-corrected chi connectivity index (χ1v) is 6.26. The number of amides is 1. The van der Waals surface area contributed by atoms with Crippen LogP contribution >= 0.6 is 11.6 Å². The molecule has 5 nitrogen and oxygen atoms in total. The highest BCUT2D eigenvalue weighted by Gasteiger charge is 2.22. The van der Waals surface area contributed by atoms with Crippen LogP contribution in [0.1, 0.15) is 28.6 Å². The minimum atomic E-state index is -1.04. The number of carboxylic acid groups (broad SMARTS) is 1. The van der Waals surface area contributed by atoms with E-state index in [9.17, 15) is 9.59 Å². The average Bonchev–Trinajstić information content (AvgIpc) is 2.91. The Morgan fingerprint density at radius 1 is 1.25 bits per heavy atom. The SMILES string of the molecule is O=C(O)C[C@@H](NC(=O)c1ccccc1Cl)c1ccco1. The molecule has 20 heavy (non-hydrogen) atoms. The summed E-state index contributed by atoms with van der Waals surface area (Å²) in [5, 5.41) is 11.8. The summed E-state index contributed by atoms with van der Waals surface area (Å²) in [5.74, 6) is -1.10. The van der Waals surface area contributed by atoms with E-state index in [-0.39, 0.29) is 12.0 Å². The Labute approximate surface area is 120 Å². The van der Waals surface area contributed by atoms with Crippen LogP contribution in [-0.2, 0) is 4.79 Å². The quantitative estimate of drug-likeness (QED) is 0.888. The lowest BCUT2D eigenvalue weighted by molar-refractivity contribution is -0.137. The Kier molecular flexibility index (Phi) is 4.42. The van der Waals surface area contributed by atoms with Crippen LogP contribution in [-0.4, -0.2) is 17.0 Å². The molecule has 2 aromatic rings. The molecule has 1 aromatic heterocycles. The Hall–Kier alpha value is -2.27. The van der Waals surface area contributed by atoms with E-state index in [1.807, 2.05) is 0 Å². The highest BCUT2D eigenvalue weighted by Crippen LogP contribution is 2.20. The minimum Gasteiger partial charge on any atom is -0.481 e. The fourth-order valence-electron chi connectivity index (χ4n) is 1.77. The van der Waals surface area contributed by atoms with Gasteiger partial charge in [0, 0.05) is 0 Å². The number of furan rings is 1. The number of nitrogens with one attached hydrogen (secondary N) is 1. The summed E-state index contributed by atoms with van der Waals surface area (Å²) in [5.41, 5.74) is 0.288. The first kappa shape index (κ1) is 14.1. The summed E-state index contributed by atoms with van der Waals surface area (Å²) in [7, 11) is 0. The zero-order valence-corrected chi connectivity index (χ0v) is 11.1. The molecule has 0 bridgehead atoms. The summed E-state index contributed by atoms with van der Waals surface area (Å²) in [6.45, 7) is 0. The number of aliphatic carboxylic acids is 1. The monoisotopic (exact) mass is 293 g/mol. The van der Waals surface area contributed by atoms with Gasteiger partial charge in [-0.2, -0.15) is 0 Å². The number of carboxylic acids is 1. The number of carbonyl (C=O) groups excluding carboxylic acids is 1. The smallest absolute Gasteiger partial charge is 0.305 e. The molecule has 2 rings (SSSR count). The van der Waals surface area contributed by atoms with Gasteiger partial charge in [0.15, 0.2) is 0 Å². The topological polar surface area (TPSA) is 79.5 Å². The Morgan fingerprint density at radius 2 is 2.00 bits per heavy atom. The molecule has 0 aliphatic carbocycles. The molecule has 104 valence electrons. The maximum atomic E-state index is 12.1. The molecule has 0 radical (unpaired) electrons. The van der Waals surface area contributed by atoms with Crippen molar-refractivity contribution in [2.24, 2.45) is 0 Å². The summed E-state index contributed by atoms with van der Waals surface area (Å²) in [6.07, 6.45) is 1.15. The van der Waals surface area contributed by atoms with Gasteiger partial charge >= 0.3 is 5.97 Å². The first-order valence-electron chi connectivity index (χ1n) is 5.88. The lowest BCUT2D eigenvalue weighted by atomic mass is 10.1. The van der Waals surface area contributed by atoms with Crippen molar-refractivity contribution >= 4 is 23.5 Å². The van der Waals surface area contributed by atoms with Crippen molar-refractivity contribution in [3.63, 3.8) is 0 Å². The minimum absolute atomic E-state index is 0.274. The predicted octanol–water partition coefficient (Wildman–Crippen LogP) is 2.88. The van der Waals surface area contributed by atoms with E-state index in [1.54, 1.807) is 36.4 Å². The van der Waals surface area contributed by atoms with E-state index in [4.69, 9.17) is 21.1 Å². The molecule has 0 aliphatic rings. The van der Waals surface area contributed by atoms with Gasteiger partial charge in [-0.25, -0.2) is 0 Å². The zero-order valence-electron chi connectivity index (χ0n) is 10.4. The van der Waals surface area contributed by atoms with Crippen molar-refractivity contribution < 1.29 is 19.1 Å². The van der Waals surface area contributed by atoms with Crippen molar-refractivity contribution in [3.05, 3.63) is 59.0 Å². The molecule has 1 amide bonds. The highest BCUT2D eigenvalue weighted by atomic mass is 35.5. The third-order valence-corrected chi connectivity index (χ3v) is 3.02. The van der Waals surface area contributed by atoms with Crippen LogP contribution in [0.25, 0.3) is 0 Å². The maximum absolute atomic E-state index is 12.1. The van der Waals surface area contributed by atoms with Gasteiger partial charge in [0.1, 0.15) is 5.76 Å². The van der Waals surface area contributed by atoms with Crippen LogP contribution < -0.4 is 5.32 Å². The summed E-state index contributed by atoms with van der Waals surface area (Å²) in [6, 6.07) is 9.05. The number of hydrogen-bond acceptors (Lipinski definition) is 3. The van der Waals surface area contributed by atoms with Crippen molar-refractivity contribution in [2.45, 2.75) is 12.5 Å². The van der Waals surface area contributed by atoms with E-state index in [0.29, 0.717) is 10.8 Å². The fraction of sp³-hybridized carbons (Fsp3) is 0.143. The maximum Gasteiger partial charge on any atom is 0.305 e. The highest BCUT2D eigenvalue weighted by molar-refractivity contribution is 6.33. The largest absolute Gasteiger partial charge is 0.481 e. The van der Waals surface area contributed by atoms with E-state index in [2.05, 4.69) is 5.32 Å². The second kappa shape index (κ2) is 6.25. The third kappa shape index (κ3) is 3.39. The van der Waals surface area contributed by atoms with Gasteiger partial charge in [-0.15, -0.1) is 0 Å². The Balaban J connectivity index is 2.18. The second-order valence-electron chi connectivity index (χ2n) is 4.12. The van der Waals surface area contributed by atoms with E-state index in [1.165, 1.54) is 6.26 Å². The van der Waals surface area contributed by atoms with Gasteiger partial charge in [-0.05, 0) is 24.3 Å². The van der Waals surface area contributed by atoms with E-state index >= 15 is 0 Å². The second-order valence-corrected chi connectivity index (χ2v) is 4.53. The predicted molar refractivity (Wildman–Crippen MR) is 72.6 cm³/mol. The normalized spacial score (nSPS) is 11.8. The molecule has 1 aromatic carbocycles. The molecule has 0 unspecified atom stereocenters. The van der Waals surface area contributed by atoms with Crippen molar-refractivity contribution in [1.82, 2.24) is 5.32 Å². The average molecular weight is 294 g/mol. The third-order valence-electron chi connectivity index (χ3n) is 2.69.